The average Bonchev–Trinajstić information content (AvgIpc) is 3.57. The average molecular weight is 585 g/mol. The van der Waals surface area contributed by atoms with Crippen molar-refractivity contribution >= 4 is 11.6 Å². The van der Waals surface area contributed by atoms with Crippen molar-refractivity contribution in [3.8, 4) is 11.5 Å². The number of hydrogen-bond donors (Lipinski definition) is 2. The van der Waals surface area contributed by atoms with Crippen LogP contribution in [-0.4, -0.2) is 32.8 Å². The van der Waals surface area contributed by atoms with Gasteiger partial charge in [-0.15, -0.1) is 0 Å². The molecule has 5 nitrogen and oxygen atoms in total. The molecule has 0 spiro atoms. The van der Waals surface area contributed by atoms with E-state index < -0.39 is 52.0 Å². The summed E-state index contributed by atoms with van der Waals surface area (Å²) in [5.41, 5.74) is 1.79. The van der Waals surface area contributed by atoms with Gasteiger partial charge in [0.1, 0.15) is 12.4 Å². The number of hydrogen-bond acceptors (Lipinski definition) is 4. The fraction of sp³-hybridized carbons (Fsp3) is 0.300. The van der Waals surface area contributed by atoms with Crippen molar-refractivity contribution < 1.29 is 41.3 Å². The largest absolute Gasteiger partial charge is 0.505 e. The van der Waals surface area contributed by atoms with E-state index in [1.807, 2.05) is 19.1 Å². The Morgan fingerprint density at radius 3 is 1.78 bits per heavy atom. The van der Waals surface area contributed by atoms with Crippen LogP contribution in [0.5, 0.6) is 11.5 Å². The van der Waals surface area contributed by atoms with Gasteiger partial charge in [0.05, 0.1) is 5.54 Å². The van der Waals surface area contributed by atoms with Crippen LogP contribution in [0.1, 0.15) is 47.1 Å². The van der Waals surface area contributed by atoms with Gasteiger partial charge < -0.3 is 19.5 Å². The van der Waals surface area contributed by atoms with Crippen LogP contribution >= 0.6 is 0 Å². The number of aliphatic imine (C=N–C) groups is 1. The highest BCUT2D eigenvalue weighted by Crippen LogP contribution is 2.27. The van der Waals surface area contributed by atoms with E-state index in [9.17, 15) is 26.3 Å². The maximum absolute atomic E-state index is 12.5. The van der Waals surface area contributed by atoms with Crippen molar-refractivity contribution in [2.45, 2.75) is 54.0 Å². The van der Waals surface area contributed by atoms with Crippen LogP contribution in [0.25, 0.3) is 5.70 Å². The van der Waals surface area contributed by atoms with Gasteiger partial charge in [0.15, 0.2) is 34.8 Å². The summed E-state index contributed by atoms with van der Waals surface area (Å²) in [5, 5.41) is 16.9. The molecule has 1 aromatic heterocycles. The van der Waals surface area contributed by atoms with Crippen LogP contribution in [0.2, 0.25) is 0 Å². The summed E-state index contributed by atoms with van der Waals surface area (Å²) in [6.07, 6.45) is 8.36. The summed E-state index contributed by atoms with van der Waals surface area (Å²) in [6, 6.07) is 6.59. The molecule has 0 atom stereocenters. The quantitative estimate of drug-likeness (QED) is 0.180. The molecule has 0 amide bonds. The van der Waals surface area contributed by atoms with E-state index in [1.165, 1.54) is 11.3 Å². The molecule has 1 aliphatic rings. The lowest BCUT2D eigenvalue weighted by molar-refractivity contribution is 0.277. The smallest absolute Gasteiger partial charge is 0.203 e. The zero-order valence-electron chi connectivity index (χ0n) is 23.9. The van der Waals surface area contributed by atoms with E-state index >= 15 is 0 Å². The highest BCUT2D eigenvalue weighted by atomic mass is 19.2. The summed E-state index contributed by atoms with van der Waals surface area (Å²) in [7, 11) is 0. The van der Waals surface area contributed by atoms with Gasteiger partial charge in [-0.05, 0) is 71.4 Å². The maximum atomic E-state index is 12.5. The Labute approximate surface area is 235 Å². The lowest BCUT2D eigenvalue weighted by atomic mass is 10.1. The molecule has 2 N–H and O–H groups in total. The molecule has 0 saturated heterocycles. The fourth-order valence-electron chi connectivity index (χ4n) is 3.21. The lowest BCUT2D eigenvalue weighted by Crippen LogP contribution is -2.17. The van der Waals surface area contributed by atoms with Gasteiger partial charge in [-0.2, -0.15) is 8.78 Å². The second kappa shape index (κ2) is 15.6. The zero-order chi connectivity index (χ0) is 31.5. The Bertz CT molecular complexity index is 1290. The van der Waals surface area contributed by atoms with Crippen molar-refractivity contribution in [3.63, 3.8) is 0 Å². The van der Waals surface area contributed by atoms with E-state index in [-0.39, 0.29) is 5.54 Å². The van der Waals surface area contributed by atoms with E-state index in [0.29, 0.717) is 0 Å². The third kappa shape index (κ3) is 10.4. The van der Waals surface area contributed by atoms with E-state index in [0.717, 1.165) is 37.6 Å². The summed E-state index contributed by atoms with van der Waals surface area (Å²) in [6.45, 7) is 13.8. The van der Waals surface area contributed by atoms with Crippen LogP contribution in [-0.2, 0) is 4.74 Å². The molecule has 0 radical (unpaired) electrons. The summed E-state index contributed by atoms with van der Waals surface area (Å²) in [5.74, 6) is -9.62. The summed E-state index contributed by atoms with van der Waals surface area (Å²) in [4.78, 5) is 4.22. The first-order valence-corrected chi connectivity index (χ1v) is 12.3. The molecule has 0 bridgehead atoms. The first kappa shape index (κ1) is 34.9. The van der Waals surface area contributed by atoms with Gasteiger partial charge in [0.2, 0.25) is 11.6 Å². The Morgan fingerprint density at radius 1 is 0.902 bits per heavy atom. The van der Waals surface area contributed by atoms with Crippen molar-refractivity contribution in [1.82, 2.24) is 4.57 Å². The van der Waals surface area contributed by atoms with Crippen LogP contribution in [0.4, 0.5) is 26.3 Å². The molecule has 1 aliphatic heterocycles. The second-order valence-electron chi connectivity index (χ2n) is 9.29. The molecule has 0 unspecified atom stereocenters. The number of nitrogens with zero attached hydrogens (tertiary/aromatic N) is 2. The van der Waals surface area contributed by atoms with Crippen LogP contribution in [0.3, 0.4) is 0 Å². The van der Waals surface area contributed by atoms with Crippen LogP contribution in [0.15, 0.2) is 65.4 Å². The number of aromatic nitrogens is 1. The van der Waals surface area contributed by atoms with Crippen molar-refractivity contribution in [1.29, 1.82) is 0 Å². The van der Waals surface area contributed by atoms with Crippen LogP contribution in [0, 0.1) is 41.8 Å². The number of benzene rings is 2. The molecular formula is C30H34F6N2O3. The molecule has 2 aromatic carbocycles. The Balaban J connectivity index is 0.000000277. The van der Waals surface area contributed by atoms with Crippen LogP contribution < -0.4 is 0 Å². The molecule has 224 valence electrons. The monoisotopic (exact) mass is 584 g/mol. The molecule has 2 heterocycles. The number of halogens is 6. The molecule has 41 heavy (non-hydrogen) atoms. The molecule has 0 aliphatic carbocycles. The third-order valence-electron chi connectivity index (χ3n) is 5.46. The molecule has 3 aromatic rings. The molecule has 4 rings (SSSR count). The SMILES string of the molecule is CC1=NC(C)(C)CO1.CC=C(C)C(=CC)n1cccc1.Cc1c(F)c(F)c(O)c(F)c1F.Oc1cc(F)ccc1F. The van der Waals surface area contributed by atoms with Gasteiger partial charge in [-0.25, -0.2) is 22.6 Å². The summed E-state index contributed by atoms with van der Waals surface area (Å²) >= 11 is 0. The van der Waals surface area contributed by atoms with Crippen molar-refractivity contribution in [2.75, 3.05) is 6.61 Å². The summed E-state index contributed by atoms with van der Waals surface area (Å²) < 4.78 is 81.1. The second-order valence-corrected chi connectivity index (χ2v) is 9.29. The predicted molar refractivity (Wildman–Crippen MR) is 148 cm³/mol. The Morgan fingerprint density at radius 2 is 1.44 bits per heavy atom. The minimum atomic E-state index is -1.77. The lowest BCUT2D eigenvalue weighted by Gasteiger charge is -2.07. The first-order chi connectivity index (χ1) is 19.1. The van der Waals surface area contributed by atoms with E-state index in [4.69, 9.17) is 14.9 Å². The number of aromatic hydroxyl groups is 2. The zero-order valence-corrected chi connectivity index (χ0v) is 23.9. The minimum Gasteiger partial charge on any atom is -0.505 e. The Kier molecular flexibility index (Phi) is 13.3. The number of rotatable bonds is 2. The standard InChI is InChI=1S/C11H15N.C7H4F4O.C6H4F2O.C6H11NO/c1-4-10(3)11(5-2)12-8-6-7-9-12;1-2-3(8)5(10)7(12)6(11)4(2)9;7-4-1-2-5(8)6(9)3-4;1-5-7-6(2,3)4-8-5/h4-9H,1-3H3;12H,1H3;1-3,9H;4H2,1-3H3. The fourth-order valence-corrected chi connectivity index (χ4v) is 3.21. The van der Waals surface area contributed by atoms with E-state index in [1.54, 1.807) is 0 Å². The Hall–Kier alpha value is -4.15. The normalized spacial score (nSPS) is 13.9. The van der Waals surface area contributed by atoms with Gasteiger partial charge in [0, 0.05) is 36.6 Å². The van der Waals surface area contributed by atoms with Gasteiger partial charge in [-0.3, -0.25) is 0 Å². The molecular weight excluding hydrogens is 550 g/mol. The molecule has 11 heteroatoms. The number of phenols is 2. The minimum absolute atomic E-state index is 0.0318. The topological polar surface area (TPSA) is 67.0 Å². The third-order valence-corrected chi connectivity index (χ3v) is 5.46. The highest BCUT2D eigenvalue weighted by Gasteiger charge is 2.23. The molecule has 0 fully saturated rings. The van der Waals surface area contributed by atoms with Crippen molar-refractivity contribution in [2.24, 2.45) is 4.99 Å². The van der Waals surface area contributed by atoms with Gasteiger partial charge in [-0.1, -0.05) is 12.2 Å². The van der Waals surface area contributed by atoms with Gasteiger partial charge in [0.25, 0.3) is 0 Å². The maximum Gasteiger partial charge on any atom is 0.203 e. The number of phenolic OH excluding ortho intramolecular Hbond substituents is 2. The first-order valence-electron chi connectivity index (χ1n) is 12.3. The van der Waals surface area contributed by atoms with Gasteiger partial charge >= 0.3 is 0 Å². The van der Waals surface area contributed by atoms with E-state index in [2.05, 4.69) is 68.7 Å². The highest BCUT2D eigenvalue weighted by molar-refractivity contribution is 5.75. The predicted octanol–water partition coefficient (Wildman–Crippen LogP) is 8.46. The number of allylic oxidation sites excluding steroid dienone is 4. The number of ether oxygens (including phenoxy) is 1. The van der Waals surface area contributed by atoms with Crippen molar-refractivity contribution in [3.05, 3.63) is 101 Å². The molecule has 0 saturated carbocycles.